The molecule has 0 radical (unpaired) electrons. The van der Waals surface area contributed by atoms with E-state index in [1.807, 2.05) is 36.3 Å². The number of benzene rings is 1. The lowest BCUT2D eigenvalue weighted by Gasteiger charge is -2.32. The minimum atomic E-state index is -0.292. The molecule has 102 valence electrons. The summed E-state index contributed by atoms with van der Waals surface area (Å²) in [6.07, 6.45) is 2.02. The van der Waals surface area contributed by atoms with E-state index < -0.39 is 0 Å². The van der Waals surface area contributed by atoms with Crippen LogP contribution in [0.1, 0.15) is 38.8 Å². The van der Waals surface area contributed by atoms with Gasteiger partial charge in [-0.1, -0.05) is 36.3 Å². The summed E-state index contributed by atoms with van der Waals surface area (Å²) in [5.41, 5.74) is 7.25. The van der Waals surface area contributed by atoms with Crippen molar-refractivity contribution in [1.82, 2.24) is 0 Å². The predicted octanol–water partition coefficient (Wildman–Crippen LogP) is 2.79. The number of hydrogen-bond acceptors (Lipinski definition) is 3. The molecular formula is C15H22BNO2. The highest BCUT2D eigenvalue weighted by molar-refractivity contribution is 6.52. The lowest BCUT2D eigenvalue weighted by Crippen LogP contribution is -2.41. The zero-order valence-corrected chi connectivity index (χ0v) is 12.1. The largest absolute Gasteiger partial charge is 0.487 e. The summed E-state index contributed by atoms with van der Waals surface area (Å²) in [7, 11) is -0.292. The Kier molecular flexibility index (Phi) is 3.86. The van der Waals surface area contributed by atoms with E-state index in [1.165, 1.54) is 0 Å². The first-order valence-electron chi connectivity index (χ1n) is 6.67. The summed E-state index contributed by atoms with van der Waals surface area (Å²) >= 11 is 0. The van der Waals surface area contributed by atoms with Crippen LogP contribution in [0.2, 0.25) is 0 Å². The minimum absolute atomic E-state index is 0.286. The van der Waals surface area contributed by atoms with Gasteiger partial charge in [-0.3, -0.25) is 0 Å². The number of hydrogen-bond donors (Lipinski definition) is 1. The summed E-state index contributed by atoms with van der Waals surface area (Å²) in [5, 5.41) is 0. The van der Waals surface area contributed by atoms with E-state index in [2.05, 4.69) is 27.7 Å². The van der Waals surface area contributed by atoms with Gasteiger partial charge in [0, 0.05) is 6.54 Å². The third-order valence-corrected chi connectivity index (χ3v) is 3.93. The fourth-order valence-corrected chi connectivity index (χ4v) is 1.92. The van der Waals surface area contributed by atoms with Crippen LogP contribution < -0.4 is 5.73 Å². The maximum atomic E-state index is 5.90. The van der Waals surface area contributed by atoms with Gasteiger partial charge in [0.2, 0.25) is 0 Å². The topological polar surface area (TPSA) is 44.5 Å². The molecule has 0 aliphatic carbocycles. The molecule has 1 aromatic carbocycles. The van der Waals surface area contributed by atoms with Gasteiger partial charge in [0.05, 0.1) is 11.2 Å². The van der Waals surface area contributed by atoms with Gasteiger partial charge < -0.3 is 15.0 Å². The van der Waals surface area contributed by atoms with Gasteiger partial charge in [-0.05, 0) is 38.8 Å². The van der Waals surface area contributed by atoms with Crippen LogP contribution in [0.5, 0.6) is 0 Å². The Morgan fingerprint density at radius 2 is 1.58 bits per heavy atom. The van der Waals surface area contributed by atoms with E-state index in [1.54, 1.807) is 0 Å². The van der Waals surface area contributed by atoms with Gasteiger partial charge in [0.25, 0.3) is 0 Å². The molecule has 0 unspecified atom stereocenters. The van der Waals surface area contributed by atoms with Crippen LogP contribution in [0.15, 0.2) is 30.2 Å². The smallest absolute Gasteiger partial charge is 0.400 e. The lowest BCUT2D eigenvalue weighted by molar-refractivity contribution is 0.00578. The van der Waals surface area contributed by atoms with Crippen molar-refractivity contribution >= 4 is 13.2 Å². The molecule has 0 aromatic heterocycles. The van der Waals surface area contributed by atoms with Crippen molar-refractivity contribution in [3.05, 3.63) is 41.4 Å². The molecule has 1 aliphatic rings. The Bertz CT molecular complexity index is 450. The maximum absolute atomic E-state index is 5.90. The van der Waals surface area contributed by atoms with Crippen LogP contribution in [-0.4, -0.2) is 18.3 Å². The van der Waals surface area contributed by atoms with Crippen molar-refractivity contribution in [3.63, 3.8) is 0 Å². The lowest BCUT2D eigenvalue weighted by atomic mass is 9.89. The van der Waals surface area contributed by atoms with Crippen LogP contribution >= 0.6 is 0 Å². The van der Waals surface area contributed by atoms with Gasteiger partial charge in [0.1, 0.15) is 0 Å². The summed E-state index contributed by atoms with van der Waals surface area (Å²) in [6.45, 7) is 8.78. The Labute approximate surface area is 115 Å². The Morgan fingerprint density at radius 1 is 1.05 bits per heavy atom. The predicted molar refractivity (Wildman–Crippen MR) is 79.4 cm³/mol. The summed E-state index contributed by atoms with van der Waals surface area (Å²) in [4.78, 5) is 0. The summed E-state index contributed by atoms with van der Waals surface area (Å²) in [6, 6.07) is 8.15. The molecule has 1 fully saturated rings. The standard InChI is InChI=1S/C15H22BNO2/c1-14(2)15(3,4)19-16(18-14)10-9-12-5-7-13(11-17)8-6-12/h5-10H,11,17H2,1-4H3. The second kappa shape index (κ2) is 5.12. The van der Waals surface area contributed by atoms with Gasteiger partial charge in [-0.15, -0.1) is 0 Å². The monoisotopic (exact) mass is 259 g/mol. The maximum Gasteiger partial charge on any atom is 0.487 e. The second-order valence-electron chi connectivity index (χ2n) is 5.93. The number of rotatable bonds is 3. The molecule has 4 heteroatoms. The average molecular weight is 259 g/mol. The first-order chi connectivity index (χ1) is 8.84. The molecule has 1 aliphatic heterocycles. The van der Waals surface area contributed by atoms with Crippen molar-refractivity contribution in [2.45, 2.75) is 45.4 Å². The normalized spacial score (nSPS) is 21.2. The van der Waals surface area contributed by atoms with Gasteiger partial charge >= 0.3 is 7.12 Å². The van der Waals surface area contributed by atoms with Crippen molar-refractivity contribution in [2.75, 3.05) is 0 Å². The summed E-state index contributed by atoms with van der Waals surface area (Å²) < 4.78 is 11.8. The highest BCUT2D eigenvalue weighted by Crippen LogP contribution is 2.36. The van der Waals surface area contributed by atoms with Crippen LogP contribution in [0.3, 0.4) is 0 Å². The molecule has 2 N–H and O–H groups in total. The molecule has 0 atom stereocenters. The zero-order valence-electron chi connectivity index (χ0n) is 12.1. The Hall–Kier alpha value is -1.10. The van der Waals surface area contributed by atoms with Crippen molar-refractivity contribution in [2.24, 2.45) is 5.73 Å². The molecule has 19 heavy (non-hydrogen) atoms. The third kappa shape index (κ3) is 3.08. The first-order valence-corrected chi connectivity index (χ1v) is 6.67. The average Bonchev–Trinajstić information content (AvgIpc) is 2.56. The molecular weight excluding hydrogens is 237 g/mol. The quantitative estimate of drug-likeness (QED) is 0.849. The molecule has 3 nitrogen and oxygen atoms in total. The Balaban J connectivity index is 2.04. The fraction of sp³-hybridized carbons (Fsp3) is 0.467. The van der Waals surface area contributed by atoms with Crippen LogP contribution in [0, 0.1) is 0 Å². The molecule has 0 amide bonds. The van der Waals surface area contributed by atoms with E-state index in [9.17, 15) is 0 Å². The summed E-state index contributed by atoms with van der Waals surface area (Å²) in [5.74, 6) is 1.95. The Morgan fingerprint density at radius 3 is 2.05 bits per heavy atom. The van der Waals surface area contributed by atoms with Crippen molar-refractivity contribution in [3.8, 4) is 0 Å². The highest BCUT2D eigenvalue weighted by atomic mass is 16.7. The highest BCUT2D eigenvalue weighted by Gasteiger charge is 2.49. The molecule has 0 bridgehead atoms. The minimum Gasteiger partial charge on any atom is -0.400 e. The van der Waals surface area contributed by atoms with E-state index in [0.29, 0.717) is 6.54 Å². The van der Waals surface area contributed by atoms with Gasteiger partial charge in [-0.2, -0.15) is 0 Å². The number of nitrogens with two attached hydrogens (primary N) is 1. The van der Waals surface area contributed by atoms with Crippen LogP contribution in [0.4, 0.5) is 0 Å². The van der Waals surface area contributed by atoms with Crippen LogP contribution in [-0.2, 0) is 15.9 Å². The third-order valence-electron chi connectivity index (χ3n) is 3.93. The van der Waals surface area contributed by atoms with Crippen LogP contribution in [0.25, 0.3) is 6.08 Å². The van der Waals surface area contributed by atoms with Gasteiger partial charge in [-0.25, -0.2) is 0 Å². The molecule has 0 spiro atoms. The fourth-order valence-electron chi connectivity index (χ4n) is 1.92. The SMILES string of the molecule is CC1(C)OB(C=Cc2ccc(CN)cc2)OC1(C)C. The van der Waals surface area contributed by atoms with Crippen molar-refractivity contribution in [1.29, 1.82) is 0 Å². The molecule has 0 saturated carbocycles. The van der Waals surface area contributed by atoms with Crippen molar-refractivity contribution < 1.29 is 9.31 Å². The van der Waals surface area contributed by atoms with E-state index >= 15 is 0 Å². The first kappa shape index (κ1) is 14.3. The second-order valence-corrected chi connectivity index (χ2v) is 5.93. The molecule has 1 saturated heterocycles. The van der Waals surface area contributed by atoms with E-state index in [-0.39, 0.29) is 18.3 Å². The van der Waals surface area contributed by atoms with E-state index in [4.69, 9.17) is 15.0 Å². The molecule has 2 rings (SSSR count). The van der Waals surface area contributed by atoms with Gasteiger partial charge in [0.15, 0.2) is 0 Å². The zero-order chi connectivity index (χ0) is 14.1. The molecule has 1 heterocycles. The molecule has 1 aromatic rings. The van der Waals surface area contributed by atoms with E-state index in [0.717, 1.165) is 11.1 Å².